The molecule has 29 heavy (non-hydrogen) atoms. The number of nitrogens with one attached hydrogen (secondary N) is 1. The van der Waals surface area contributed by atoms with Gasteiger partial charge in [0, 0.05) is 23.5 Å². The number of nitrogens with zero attached hydrogens (tertiary/aromatic N) is 2. The molecule has 2 heterocycles. The van der Waals surface area contributed by atoms with Gasteiger partial charge in [-0.3, -0.25) is 14.0 Å². The van der Waals surface area contributed by atoms with Crippen LogP contribution in [-0.2, 0) is 6.61 Å². The summed E-state index contributed by atoms with van der Waals surface area (Å²) in [6, 6.07) is 21.3. The first-order valence-corrected chi connectivity index (χ1v) is 9.17. The van der Waals surface area contributed by atoms with Crippen LogP contribution in [0.4, 0.5) is 5.69 Å². The zero-order valence-corrected chi connectivity index (χ0v) is 15.8. The summed E-state index contributed by atoms with van der Waals surface area (Å²) in [5.74, 6) is 0.452. The molecule has 6 nitrogen and oxygen atoms in total. The second-order valence-electron chi connectivity index (χ2n) is 6.65. The molecule has 0 atom stereocenters. The molecular formula is C23H19N3O3. The molecule has 1 amide bonds. The van der Waals surface area contributed by atoms with Crippen molar-refractivity contribution in [1.29, 1.82) is 0 Å². The van der Waals surface area contributed by atoms with E-state index in [0.717, 1.165) is 5.56 Å². The van der Waals surface area contributed by atoms with E-state index >= 15 is 0 Å². The predicted octanol–water partition coefficient (Wildman–Crippen LogP) is 3.83. The van der Waals surface area contributed by atoms with Crippen LogP contribution >= 0.6 is 0 Å². The van der Waals surface area contributed by atoms with Gasteiger partial charge in [-0.25, -0.2) is 4.98 Å². The van der Waals surface area contributed by atoms with Crippen LogP contribution in [0, 0.1) is 6.92 Å². The Labute approximate surface area is 167 Å². The Kier molecular flexibility index (Phi) is 5.07. The first-order chi connectivity index (χ1) is 14.1. The highest BCUT2D eigenvalue weighted by atomic mass is 16.5. The lowest BCUT2D eigenvalue weighted by Crippen LogP contribution is -2.16. The quantitative estimate of drug-likeness (QED) is 0.567. The number of hydrogen-bond acceptors (Lipinski definition) is 4. The van der Waals surface area contributed by atoms with E-state index in [9.17, 15) is 9.59 Å². The number of anilines is 1. The molecule has 4 aromatic rings. The summed E-state index contributed by atoms with van der Waals surface area (Å²) in [6.07, 6.45) is 1.68. The normalized spacial score (nSPS) is 10.7. The second kappa shape index (κ2) is 7.98. The average Bonchev–Trinajstić information content (AvgIpc) is 2.74. The highest BCUT2D eigenvalue weighted by Crippen LogP contribution is 2.17. The molecule has 0 aliphatic heterocycles. The van der Waals surface area contributed by atoms with Gasteiger partial charge in [-0.1, -0.05) is 23.8 Å². The van der Waals surface area contributed by atoms with Crippen molar-refractivity contribution in [2.45, 2.75) is 13.5 Å². The molecule has 0 saturated heterocycles. The molecule has 2 aromatic heterocycles. The van der Waals surface area contributed by atoms with Crippen molar-refractivity contribution in [3.05, 3.63) is 106 Å². The average molecular weight is 385 g/mol. The Bertz CT molecular complexity index is 1210. The van der Waals surface area contributed by atoms with Gasteiger partial charge in [-0.2, -0.15) is 0 Å². The standard InChI is InChI=1S/C23H19N3O3/c1-16-5-7-17(8-6-16)23(28)25-18-9-11-20(12-10-18)29-15-19-14-22(27)26-13-3-2-4-21(26)24-19/h2-14H,15H2,1H3,(H,25,28). The van der Waals surface area contributed by atoms with Crippen molar-refractivity contribution in [1.82, 2.24) is 9.38 Å². The van der Waals surface area contributed by atoms with Crippen molar-refractivity contribution in [2.75, 3.05) is 5.32 Å². The van der Waals surface area contributed by atoms with Gasteiger partial charge in [0.2, 0.25) is 0 Å². The summed E-state index contributed by atoms with van der Waals surface area (Å²) in [7, 11) is 0. The highest BCUT2D eigenvalue weighted by molar-refractivity contribution is 6.04. The maximum atomic E-state index is 12.3. The van der Waals surface area contributed by atoms with Crippen LogP contribution in [0.2, 0.25) is 0 Å². The number of carbonyl (C=O) groups excluding carboxylic acids is 1. The first-order valence-electron chi connectivity index (χ1n) is 9.17. The Morgan fingerprint density at radius 3 is 2.55 bits per heavy atom. The maximum Gasteiger partial charge on any atom is 0.258 e. The molecule has 0 radical (unpaired) electrons. The van der Waals surface area contributed by atoms with E-state index < -0.39 is 0 Å². The number of amides is 1. The van der Waals surface area contributed by atoms with Crippen LogP contribution in [0.1, 0.15) is 21.6 Å². The molecule has 0 aliphatic carbocycles. The zero-order chi connectivity index (χ0) is 20.2. The Hall–Kier alpha value is -3.93. The number of carbonyl (C=O) groups is 1. The Balaban J connectivity index is 1.40. The van der Waals surface area contributed by atoms with E-state index in [0.29, 0.717) is 28.3 Å². The topological polar surface area (TPSA) is 72.7 Å². The summed E-state index contributed by atoms with van der Waals surface area (Å²) in [5, 5.41) is 2.86. The van der Waals surface area contributed by atoms with Gasteiger partial charge < -0.3 is 10.1 Å². The van der Waals surface area contributed by atoms with E-state index in [1.807, 2.05) is 25.1 Å². The molecule has 0 bridgehead atoms. The molecule has 1 N–H and O–H groups in total. The van der Waals surface area contributed by atoms with Crippen molar-refractivity contribution in [3.8, 4) is 5.75 Å². The highest BCUT2D eigenvalue weighted by Gasteiger charge is 2.06. The third-order valence-electron chi connectivity index (χ3n) is 4.44. The van der Waals surface area contributed by atoms with E-state index in [2.05, 4.69) is 10.3 Å². The van der Waals surface area contributed by atoms with Gasteiger partial charge in [0.15, 0.2) is 0 Å². The number of hydrogen-bond donors (Lipinski definition) is 1. The molecule has 2 aromatic carbocycles. The van der Waals surface area contributed by atoms with Crippen molar-refractivity contribution >= 4 is 17.2 Å². The molecule has 0 aliphatic rings. The number of fused-ring (bicyclic) bond motifs is 1. The lowest BCUT2D eigenvalue weighted by atomic mass is 10.1. The van der Waals surface area contributed by atoms with Crippen LogP contribution < -0.4 is 15.6 Å². The van der Waals surface area contributed by atoms with Crippen LogP contribution in [0.3, 0.4) is 0 Å². The van der Waals surface area contributed by atoms with Crippen molar-refractivity contribution in [3.63, 3.8) is 0 Å². The van der Waals surface area contributed by atoms with Crippen LogP contribution in [0.25, 0.3) is 5.65 Å². The molecular weight excluding hydrogens is 366 g/mol. The third kappa shape index (κ3) is 4.32. The summed E-state index contributed by atoms with van der Waals surface area (Å²) >= 11 is 0. The van der Waals surface area contributed by atoms with Gasteiger partial charge in [-0.15, -0.1) is 0 Å². The summed E-state index contributed by atoms with van der Waals surface area (Å²) in [5.41, 5.74) is 3.36. The lowest BCUT2D eigenvalue weighted by Gasteiger charge is -2.09. The fourth-order valence-electron chi connectivity index (χ4n) is 2.88. The first kappa shape index (κ1) is 18.4. The van der Waals surface area contributed by atoms with E-state index in [1.54, 1.807) is 54.7 Å². The van der Waals surface area contributed by atoms with E-state index in [-0.39, 0.29) is 18.1 Å². The molecule has 0 fully saturated rings. The number of benzene rings is 2. The van der Waals surface area contributed by atoms with Gasteiger partial charge in [0.25, 0.3) is 11.5 Å². The van der Waals surface area contributed by atoms with Crippen LogP contribution in [0.15, 0.2) is 83.8 Å². The summed E-state index contributed by atoms with van der Waals surface area (Å²) in [6.45, 7) is 2.15. The molecule has 0 unspecified atom stereocenters. The number of aromatic nitrogens is 2. The molecule has 6 heteroatoms. The zero-order valence-electron chi connectivity index (χ0n) is 15.8. The maximum absolute atomic E-state index is 12.3. The summed E-state index contributed by atoms with van der Waals surface area (Å²) < 4.78 is 7.21. The number of pyridine rings is 1. The smallest absolute Gasteiger partial charge is 0.258 e. The van der Waals surface area contributed by atoms with E-state index in [1.165, 1.54) is 10.5 Å². The molecule has 0 saturated carbocycles. The molecule has 144 valence electrons. The van der Waals surface area contributed by atoms with Crippen LogP contribution in [0.5, 0.6) is 5.75 Å². The second-order valence-corrected chi connectivity index (χ2v) is 6.65. The minimum Gasteiger partial charge on any atom is -0.487 e. The fraction of sp³-hybridized carbons (Fsp3) is 0.0870. The minimum absolute atomic E-state index is 0.150. The molecule has 0 spiro atoms. The van der Waals surface area contributed by atoms with Crippen molar-refractivity contribution < 1.29 is 9.53 Å². The number of aryl methyl sites for hydroxylation is 1. The SMILES string of the molecule is Cc1ccc(C(=O)Nc2ccc(OCc3cc(=O)n4ccccc4n3)cc2)cc1. The monoisotopic (exact) mass is 385 g/mol. The van der Waals surface area contributed by atoms with Gasteiger partial charge in [-0.05, 0) is 55.5 Å². The third-order valence-corrected chi connectivity index (χ3v) is 4.44. The largest absolute Gasteiger partial charge is 0.487 e. The van der Waals surface area contributed by atoms with Crippen LogP contribution in [-0.4, -0.2) is 15.3 Å². The Morgan fingerprint density at radius 1 is 1.03 bits per heavy atom. The number of ether oxygens (including phenoxy) is 1. The minimum atomic E-state index is -0.167. The van der Waals surface area contributed by atoms with E-state index in [4.69, 9.17) is 4.74 Å². The Morgan fingerprint density at radius 2 is 1.79 bits per heavy atom. The molecule has 4 rings (SSSR count). The van der Waals surface area contributed by atoms with Crippen molar-refractivity contribution in [2.24, 2.45) is 0 Å². The fourth-order valence-corrected chi connectivity index (χ4v) is 2.88. The van der Waals surface area contributed by atoms with Gasteiger partial charge in [0.1, 0.15) is 18.0 Å². The van der Waals surface area contributed by atoms with Gasteiger partial charge in [0.05, 0.1) is 5.69 Å². The predicted molar refractivity (Wildman–Crippen MR) is 111 cm³/mol. The number of rotatable bonds is 5. The lowest BCUT2D eigenvalue weighted by molar-refractivity contribution is 0.102. The van der Waals surface area contributed by atoms with Gasteiger partial charge >= 0.3 is 0 Å². The summed E-state index contributed by atoms with van der Waals surface area (Å²) in [4.78, 5) is 28.8.